The van der Waals surface area contributed by atoms with E-state index in [1.807, 2.05) is 31.2 Å². The third-order valence-electron chi connectivity index (χ3n) is 16.3. The fourth-order valence-corrected chi connectivity index (χ4v) is 11.9. The van der Waals surface area contributed by atoms with Crippen LogP contribution in [0.4, 0.5) is 8.78 Å². The van der Waals surface area contributed by atoms with Crippen LogP contribution >= 0.6 is 11.8 Å². The number of thioether (sulfide) groups is 1. The number of likely N-dealkylation sites (tertiary alicyclic amines) is 2. The van der Waals surface area contributed by atoms with E-state index in [1.165, 1.54) is 24.0 Å². The maximum atomic E-state index is 13.9. The zero-order valence-corrected chi connectivity index (χ0v) is 53.5. The average molecular weight is 1320 g/mol. The molecule has 6 rings (SSSR count). The Morgan fingerprint density at radius 2 is 1.38 bits per heavy atom. The Hall–Kier alpha value is -7.66. The molecule has 0 bridgehead atoms. The van der Waals surface area contributed by atoms with Crippen molar-refractivity contribution in [3.05, 3.63) is 71.4 Å². The van der Waals surface area contributed by atoms with E-state index in [1.54, 1.807) is 48.8 Å². The molecule has 1 aromatic heterocycles. The van der Waals surface area contributed by atoms with Crippen molar-refractivity contribution < 1.29 is 81.8 Å². The van der Waals surface area contributed by atoms with Gasteiger partial charge in [-0.1, -0.05) is 29.8 Å². The summed E-state index contributed by atoms with van der Waals surface area (Å²) in [5, 5.41) is 60.4. The third-order valence-corrected chi connectivity index (χ3v) is 17.3. The topological polar surface area (TPSA) is 357 Å². The minimum absolute atomic E-state index is 0.0303. The number of carbonyl (C=O) groups is 9. The molecular weight excluding hydrogens is 1230 g/mol. The lowest BCUT2D eigenvalue weighted by Crippen LogP contribution is -2.52. The lowest BCUT2D eigenvalue weighted by molar-refractivity contribution is -0.140. The normalized spacial score (nSPS) is 17.9. The first-order valence-corrected chi connectivity index (χ1v) is 32.6. The number of carboxylic acids is 3. The van der Waals surface area contributed by atoms with Crippen molar-refractivity contribution in [2.45, 2.75) is 88.8 Å². The highest BCUT2D eigenvalue weighted by Crippen LogP contribution is 2.32. The van der Waals surface area contributed by atoms with Crippen molar-refractivity contribution in [2.24, 2.45) is 5.92 Å². The number of hydrogen-bond acceptors (Lipinski definition) is 19. The van der Waals surface area contributed by atoms with Gasteiger partial charge in [-0.2, -0.15) is 17.0 Å². The van der Waals surface area contributed by atoms with Crippen LogP contribution in [0.2, 0.25) is 0 Å². The van der Waals surface area contributed by atoms with E-state index in [2.05, 4.69) is 26.3 Å². The molecule has 2 aromatic carbocycles. The molecule has 93 heavy (non-hydrogen) atoms. The maximum Gasteiger partial charge on any atom is 0.317 e. The molecule has 3 saturated heterocycles. The molecular formula is C63H88F2N12O15S. The molecule has 3 fully saturated rings. The van der Waals surface area contributed by atoms with Gasteiger partial charge in [-0.25, -0.2) is 8.78 Å². The molecule has 3 atom stereocenters. The van der Waals surface area contributed by atoms with Crippen LogP contribution in [-0.2, 0) is 49.5 Å². The fourth-order valence-electron chi connectivity index (χ4n) is 11.2. The van der Waals surface area contributed by atoms with E-state index in [0.29, 0.717) is 67.3 Å². The van der Waals surface area contributed by atoms with Crippen LogP contribution in [0.25, 0.3) is 10.9 Å². The van der Waals surface area contributed by atoms with Gasteiger partial charge in [-0.3, -0.25) is 67.7 Å². The van der Waals surface area contributed by atoms with E-state index < -0.39 is 91.1 Å². The number of carboxylic acid groups (broad SMARTS) is 3. The molecule has 3 aliphatic rings. The monoisotopic (exact) mass is 1320 g/mol. The van der Waals surface area contributed by atoms with Crippen molar-refractivity contribution in [1.29, 1.82) is 5.26 Å². The van der Waals surface area contributed by atoms with E-state index in [4.69, 9.17) is 9.47 Å². The number of hydrogen-bond donors (Lipinski definition) is 8. The lowest BCUT2D eigenvalue weighted by atomic mass is 9.92. The summed E-state index contributed by atoms with van der Waals surface area (Å²) in [7, 11) is 0. The molecule has 6 amide bonds. The highest BCUT2D eigenvalue weighted by atomic mass is 32.2. The lowest BCUT2D eigenvalue weighted by Gasteiger charge is -2.33. The molecule has 510 valence electrons. The van der Waals surface area contributed by atoms with Gasteiger partial charge in [0.25, 0.3) is 17.7 Å². The van der Waals surface area contributed by atoms with Crippen LogP contribution in [0, 0.1) is 24.2 Å². The number of piperidine rings is 1. The minimum atomic E-state index is -3.19. The number of pyridine rings is 1. The molecule has 3 aliphatic heterocycles. The van der Waals surface area contributed by atoms with Crippen molar-refractivity contribution in [1.82, 2.24) is 55.7 Å². The summed E-state index contributed by atoms with van der Waals surface area (Å²) in [5.41, 5.74) is 2.98. The second kappa shape index (κ2) is 38.5. The molecule has 4 heterocycles. The van der Waals surface area contributed by atoms with Gasteiger partial charge >= 0.3 is 17.9 Å². The molecule has 1 unspecified atom stereocenters. The number of amides is 6. The molecule has 3 aromatic rings. The SMILES string of the molecule is Cc1ccc(CCCC(=O)NCCOCCC(NC(=O)CN2CCN(CC(=O)O)CCN(CC(=O)O)CCN(CC(=O)O)CC2)C(=O)NCCSC[C@@H](O)C(=O)N2CCC(CCCOc3ccc4nccc(C(=O)NCC(=O)N5CC(F)(F)C[C@@H]5C#N)c4c3)CC2)cc1. The van der Waals surface area contributed by atoms with Crippen LogP contribution < -0.4 is 26.0 Å². The summed E-state index contributed by atoms with van der Waals surface area (Å²) in [6, 6.07) is 14.0. The Bertz CT molecular complexity index is 3000. The van der Waals surface area contributed by atoms with Gasteiger partial charge in [0.1, 0.15) is 23.9 Å². The maximum absolute atomic E-state index is 13.9. The van der Waals surface area contributed by atoms with Gasteiger partial charge in [0.2, 0.25) is 23.6 Å². The van der Waals surface area contributed by atoms with E-state index >= 15 is 0 Å². The number of halogens is 2. The summed E-state index contributed by atoms with van der Waals surface area (Å²) in [4.78, 5) is 128. The Kier molecular flexibility index (Phi) is 30.8. The number of aliphatic hydroxyl groups excluding tert-OH is 1. The molecule has 0 spiro atoms. The Morgan fingerprint density at radius 3 is 1.99 bits per heavy atom. The number of carbonyl (C=O) groups excluding carboxylic acids is 6. The quantitative estimate of drug-likeness (QED) is 0.0389. The summed E-state index contributed by atoms with van der Waals surface area (Å²) in [6.07, 6.45) is 4.14. The summed E-state index contributed by atoms with van der Waals surface area (Å²) in [5.74, 6) is -8.31. The van der Waals surface area contributed by atoms with Gasteiger partial charge in [0, 0.05) is 121 Å². The van der Waals surface area contributed by atoms with E-state index in [-0.39, 0.29) is 128 Å². The number of aliphatic carboxylic acids is 3. The molecule has 0 aliphatic carbocycles. The van der Waals surface area contributed by atoms with Crippen LogP contribution in [0.1, 0.15) is 72.9 Å². The number of nitrogens with zero attached hydrogens (tertiary/aromatic N) is 8. The number of alkyl halides is 2. The summed E-state index contributed by atoms with van der Waals surface area (Å²) in [6.45, 7) is 2.60. The van der Waals surface area contributed by atoms with Gasteiger partial charge in [0.05, 0.1) is 69.6 Å². The zero-order chi connectivity index (χ0) is 67.3. The van der Waals surface area contributed by atoms with Gasteiger partial charge in [-0.15, -0.1) is 0 Å². The zero-order valence-electron chi connectivity index (χ0n) is 52.7. The van der Waals surface area contributed by atoms with Gasteiger partial charge in [0.15, 0.2) is 0 Å². The number of aliphatic hydroxyl groups is 1. The standard InChI is InChI=1S/C63H88F2N12O15S/c1-44-7-9-45(10-8-44)4-2-6-54(79)68-18-32-91-31-16-52(71-55(80)38-72-22-24-73(39-57(82)83)26-28-75(41-59(86)87)29-27-74(25-23-72)40-58(84)85)61(89)69-19-33-93-42-53(78)62(90)76-20-14-46(15-21-76)5-3-30-92-48-11-12-51-50(34-48)49(13-17-67-51)60(88)70-37-56(81)77-43-63(64,65)35-47(77)36-66/h7-13,17,34,46-47,52-53,78H,2-6,14-16,18-33,35,37-43H2,1H3,(H,68,79)(H,69,89)(H,70,88)(H,71,80)(H,82,83)(H,84,85)(H,86,87)/t47-,52?,53-/m1/s1. The van der Waals surface area contributed by atoms with Crippen LogP contribution in [0.3, 0.4) is 0 Å². The smallest absolute Gasteiger partial charge is 0.317 e. The van der Waals surface area contributed by atoms with Crippen molar-refractivity contribution in [3.8, 4) is 11.8 Å². The average Bonchev–Trinajstić information content (AvgIpc) is 1.60. The second-order valence-electron chi connectivity index (χ2n) is 23.6. The fraction of sp³-hybridized carbons (Fsp3) is 0.603. The predicted molar refractivity (Wildman–Crippen MR) is 338 cm³/mol. The first-order chi connectivity index (χ1) is 44.5. The predicted octanol–water partition coefficient (Wildman–Crippen LogP) is 1.15. The molecule has 30 heteroatoms. The molecule has 0 radical (unpaired) electrons. The van der Waals surface area contributed by atoms with Crippen molar-refractivity contribution in [3.63, 3.8) is 0 Å². The summed E-state index contributed by atoms with van der Waals surface area (Å²) < 4.78 is 39.7. The number of ether oxygens (including phenoxy) is 2. The minimum Gasteiger partial charge on any atom is -0.494 e. The number of aryl methyl sites for hydroxylation is 2. The third kappa shape index (κ3) is 26.7. The number of nitrogens with one attached hydrogen (secondary N) is 4. The van der Waals surface area contributed by atoms with Crippen LogP contribution in [0.15, 0.2) is 54.7 Å². The Balaban J connectivity index is 0.932. The van der Waals surface area contributed by atoms with Crippen molar-refractivity contribution >= 4 is 76.0 Å². The van der Waals surface area contributed by atoms with Crippen molar-refractivity contribution in [2.75, 3.05) is 149 Å². The summed E-state index contributed by atoms with van der Waals surface area (Å²) >= 11 is 1.26. The first kappa shape index (κ1) is 74.4. The Labute approximate surface area is 543 Å². The van der Waals surface area contributed by atoms with E-state index in [9.17, 15) is 77.6 Å². The number of rotatable bonds is 34. The molecule has 8 N–H and O–H groups in total. The largest absolute Gasteiger partial charge is 0.494 e. The second-order valence-corrected chi connectivity index (χ2v) is 24.7. The van der Waals surface area contributed by atoms with Crippen LogP contribution in [0.5, 0.6) is 5.75 Å². The first-order valence-electron chi connectivity index (χ1n) is 31.5. The van der Waals surface area contributed by atoms with E-state index in [0.717, 1.165) is 41.7 Å². The highest BCUT2D eigenvalue weighted by molar-refractivity contribution is 7.99. The number of benzene rings is 2. The number of aromatic nitrogens is 1. The van der Waals surface area contributed by atoms with Gasteiger partial charge < -0.3 is 61.0 Å². The number of fused-ring (bicyclic) bond motifs is 1. The van der Waals surface area contributed by atoms with Gasteiger partial charge in [-0.05, 0) is 87.6 Å². The number of nitriles is 1. The van der Waals surface area contributed by atoms with Crippen LogP contribution in [-0.4, -0.2) is 281 Å². The highest BCUT2D eigenvalue weighted by Gasteiger charge is 2.47. The molecule has 27 nitrogen and oxygen atoms in total. The molecule has 0 saturated carbocycles. The Morgan fingerprint density at radius 1 is 0.753 bits per heavy atom.